The molecule has 0 aromatic carbocycles. The lowest BCUT2D eigenvalue weighted by molar-refractivity contribution is 0.212. The van der Waals surface area contributed by atoms with Crippen molar-refractivity contribution in [2.24, 2.45) is 0 Å². The van der Waals surface area contributed by atoms with Gasteiger partial charge in [-0.05, 0) is 32.9 Å². The fraction of sp³-hybridized carbons (Fsp3) is 0.778. The van der Waals surface area contributed by atoms with Crippen LogP contribution in [0.1, 0.15) is 69.5 Å². The van der Waals surface area contributed by atoms with E-state index in [0.29, 0.717) is 6.04 Å². The molecule has 0 unspecified atom stereocenters. The average Bonchev–Trinajstić information content (AvgIpc) is 2.67. The molecule has 1 saturated carbocycles. The van der Waals surface area contributed by atoms with Crippen LogP contribution in [0.5, 0.6) is 0 Å². The van der Waals surface area contributed by atoms with Gasteiger partial charge in [0.2, 0.25) is 0 Å². The average molecular weight is 292 g/mol. The van der Waals surface area contributed by atoms with Crippen molar-refractivity contribution >= 4 is 0 Å². The Bertz CT molecular complexity index is 417. The highest BCUT2D eigenvalue weighted by Gasteiger charge is 2.18. The Kier molecular flexibility index (Phi) is 6.31. The van der Waals surface area contributed by atoms with Gasteiger partial charge in [0.05, 0.1) is 6.54 Å². The van der Waals surface area contributed by atoms with Crippen molar-refractivity contribution in [1.29, 1.82) is 0 Å². The number of furan rings is 1. The number of nitrogens with zero attached hydrogens (tertiary/aromatic N) is 1. The predicted molar refractivity (Wildman–Crippen MR) is 88.4 cm³/mol. The van der Waals surface area contributed by atoms with Gasteiger partial charge in [0.15, 0.2) is 0 Å². The molecule has 0 aliphatic heterocycles. The van der Waals surface area contributed by atoms with Gasteiger partial charge in [-0.15, -0.1) is 0 Å². The molecule has 120 valence electrons. The molecule has 1 aromatic rings. The van der Waals surface area contributed by atoms with E-state index in [1.807, 2.05) is 0 Å². The van der Waals surface area contributed by atoms with Crippen molar-refractivity contribution in [2.45, 2.75) is 84.5 Å². The van der Waals surface area contributed by atoms with E-state index in [4.69, 9.17) is 4.42 Å². The summed E-state index contributed by atoms with van der Waals surface area (Å²) < 4.78 is 5.89. The van der Waals surface area contributed by atoms with Crippen LogP contribution in [0.2, 0.25) is 0 Å². The molecule has 1 aliphatic carbocycles. The van der Waals surface area contributed by atoms with Gasteiger partial charge in [-0.1, -0.05) is 39.5 Å². The summed E-state index contributed by atoms with van der Waals surface area (Å²) in [7, 11) is 2.27. The quantitative estimate of drug-likeness (QED) is 0.795. The standard InChI is InChI=1S/C18H32N2O/c1-14(2)19-12-18-11-16(15(3)21-18)13-20(4)17-9-7-5-6-8-10-17/h11,14,17,19H,5-10,12-13H2,1-4H3. The Hall–Kier alpha value is -0.800. The fourth-order valence-corrected chi connectivity index (χ4v) is 3.23. The van der Waals surface area contributed by atoms with Gasteiger partial charge in [-0.25, -0.2) is 0 Å². The monoisotopic (exact) mass is 292 g/mol. The Labute approximate surface area is 130 Å². The van der Waals surface area contributed by atoms with E-state index in [2.05, 4.69) is 44.1 Å². The van der Waals surface area contributed by atoms with Crippen LogP contribution in [0.25, 0.3) is 0 Å². The van der Waals surface area contributed by atoms with E-state index < -0.39 is 0 Å². The van der Waals surface area contributed by atoms with E-state index in [1.165, 1.54) is 44.1 Å². The number of aryl methyl sites for hydroxylation is 1. The molecule has 1 aliphatic rings. The maximum Gasteiger partial charge on any atom is 0.118 e. The van der Waals surface area contributed by atoms with Gasteiger partial charge in [0.25, 0.3) is 0 Å². The molecule has 2 rings (SSSR count). The van der Waals surface area contributed by atoms with Crippen LogP contribution >= 0.6 is 0 Å². The van der Waals surface area contributed by atoms with E-state index in [9.17, 15) is 0 Å². The first-order chi connectivity index (χ1) is 10.1. The second-order valence-electron chi connectivity index (χ2n) is 6.89. The van der Waals surface area contributed by atoms with Gasteiger partial charge in [-0.2, -0.15) is 0 Å². The third-order valence-corrected chi connectivity index (χ3v) is 4.62. The van der Waals surface area contributed by atoms with Crippen LogP contribution < -0.4 is 5.32 Å². The van der Waals surface area contributed by atoms with Crippen molar-refractivity contribution in [2.75, 3.05) is 7.05 Å². The van der Waals surface area contributed by atoms with Crippen LogP contribution in [-0.4, -0.2) is 24.0 Å². The predicted octanol–water partition coefficient (Wildman–Crippen LogP) is 4.24. The minimum Gasteiger partial charge on any atom is -0.465 e. The lowest BCUT2D eigenvalue weighted by Gasteiger charge is -2.26. The summed E-state index contributed by atoms with van der Waals surface area (Å²) >= 11 is 0. The maximum absolute atomic E-state index is 5.89. The molecule has 0 radical (unpaired) electrons. The van der Waals surface area contributed by atoms with Crippen molar-refractivity contribution in [3.05, 3.63) is 23.2 Å². The van der Waals surface area contributed by atoms with E-state index >= 15 is 0 Å². The summed E-state index contributed by atoms with van der Waals surface area (Å²) in [5.41, 5.74) is 1.35. The fourth-order valence-electron chi connectivity index (χ4n) is 3.23. The highest BCUT2D eigenvalue weighted by atomic mass is 16.3. The third kappa shape index (κ3) is 5.15. The summed E-state index contributed by atoms with van der Waals surface area (Å²) in [4.78, 5) is 2.53. The van der Waals surface area contributed by atoms with Crippen LogP contribution in [0, 0.1) is 6.92 Å². The van der Waals surface area contributed by atoms with Crippen LogP contribution in [0.4, 0.5) is 0 Å². The largest absolute Gasteiger partial charge is 0.465 e. The Balaban J connectivity index is 1.91. The number of hydrogen-bond acceptors (Lipinski definition) is 3. The zero-order valence-electron chi connectivity index (χ0n) is 14.2. The Morgan fingerprint density at radius 3 is 2.52 bits per heavy atom. The van der Waals surface area contributed by atoms with Crippen molar-refractivity contribution < 1.29 is 4.42 Å². The normalized spacial score (nSPS) is 17.6. The van der Waals surface area contributed by atoms with Crippen molar-refractivity contribution in [1.82, 2.24) is 10.2 Å². The van der Waals surface area contributed by atoms with E-state index in [1.54, 1.807) is 0 Å². The van der Waals surface area contributed by atoms with E-state index in [-0.39, 0.29) is 0 Å². The molecule has 0 atom stereocenters. The van der Waals surface area contributed by atoms with Gasteiger partial charge in [-0.3, -0.25) is 4.90 Å². The van der Waals surface area contributed by atoms with Crippen molar-refractivity contribution in [3.63, 3.8) is 0 Å². The summed E-state index contributed by atoms with van der Waals surface area (Å²) in [6.45, 7) is 8.26. The minimum atomic E-state index is 0.493. The molecule has 0 amide bonds. The van der Waals surface area contributed by atoms with Gasteiger partial charge in [0, 0.05) is 24.2 Å². The first kappa shape index (κ1) is 16.6. The summed E-state index contributed by atoms with van der Waals surface area (Å²) in [5, 5.41) is 3.42. The third-order valence-electron chi connectivity index (χ3n) is 4.62. The molecular formula is C18H32N2O. The van der Waals surface area contributed by atoms with Crippen LogP contribution in [0.15, 0.2) is 10.5 Å². The molecule has 1 fully saturated rings. The summed E-state index contributed by atoms with van der Waals surface area (Å²) in [6, 6.07) is 3.48. The number of hydrogen-bond donors (Lipinski definition) is 1. The lowest BCUT2D eigenvalue weighted by Crippen LogP contribution is -2.30. The molecule has 1 aromatic heterocycles. The lowest BCUT2D eigenvalue weighted by atomic mass is 10.1. The topological polar surface area (TPSA) is 28.4 Å². The van der Waals surface area contributed by atoms with E-state index in [0.717, 1.165) is 30.7 Å². The maximum atomic E-state index is 5.89. The van der Waals surface area contributed by atoms with Crippen LogP contribution in [-0.2, 0) is 13.1 Å². The van der Waals surface area contributed by atoms with Gasteiger partial charge >= 0.3 is 0 Å². The molecule has 0 saturated heterocycles. The molecular weight excluding hydrogens is 260 g/mol. The molecule has 1 heterocycles. The smallest absolute Gasteiger partial charge is 0.118 e. The van der Waals surface area contributed by atoms with Gasteiger partial charge in [0.1, 0.15) is 11.5 Å². The second-order valence-corrected chi connectivity index (χ2v) is 6.89. The highest BCUT2D eigenvalue weighted by Crippen LogP contribution is 2.24. The minimum absolute atomic E-state index is 0.493. The zero-order chi connectivity index (χ0) is 15.2. The molecule has 3 heteroatoms. The van der Waals surface area contributed by atoms with Crippen LogP contribution in [0.3, 0.4) is 0 Å². The first-order valence-electron chi connectivity index (χ1n) is 8.58. The molecule has 0 spiro atoms. The highest BCUT2D eigenvalue weighted by molar-refractivity contribution is 5.20. The molecule has 21 heavy (non-hydrogen) atoms. The Morgan fingerprint density at radius 1 is 1.24 bits per heavy atom. The number of rotatable bonds is 6. The summed E-state index contributed by atoms with van der Waals surface area (Å²) in [5.74, 6) is 2.14. The Morgan fingerprint density at radius 2 is 1.90 bits per heavy atom. The summed E-state index contributed by atoms with van der Waals surface area (Å²) in [6.07, 6.45) is 8.33. The van der Waals surface area contributed by atoms with Crippen molar-refractivity contribution in [3.8, 4) is 0 Å². The first-order valence-corrected chi connectivity index (χ1v) is 8.58. The molecule has 3 nitrogen and oxygen atoms in total. The number of nitrogens with one attached hydrogen (secondary N) is 1. The second kappa shape index (κ2) is 8.00. The molecule has 0 bridgehead atoms. The van der Waals surface area contributed by atoms with Gasteiger partial charge < -0.3 is 9.73 Å². The SMILES string of the molecule is Cc1oc(CNC(C)C)cc1CN(C)C1CCCCCC1. The molecule has 1 N–H and O–H groups in total. The zero-order valence-corrected chi connectivity index (χ0v) is 14.2.